The number of carbonyl (C=O) groups is 2. The Hall–Kier alpha value is -2.38. The van der Waals surface area contributed by atoms with E-state index in [1.807, 2.05) is 17.5 Å². The zero-order valence-corrected chi connectivity index (χ0v) is 17.3. The largest absolute Gasteiger partial charge is 0.361 e. The highest BCUT2D eigenvalue weighted by molar-refractivity contribution is 7.10. The molecule has 7 heteroatoms. The first kappa shape index (κ1) is 20.4. The summed E-state index contributed by atoms with van der Waals surface area (Å²) in [5.41, 5.74) is 2.54. The van der Waals surface area contributed by atoms with Crippen molar-refractivity contribution < 1.29 is 14.5 Å². The number of amides is 2. The standard InChI is InChI=1S/C21H28N4O2S/c1-24(2)12-6-11-22-20(26)21(27)23-15-18(19-9-5-14-28-19)25-13-10-16-7-3-4-8-17(16)25/h3-5,7-9,14,18H,6,10-13,15H2,1-2H3,(H,22,26)(H,23,27)/p+1/t18-/m0/s1. The van der Waals surface area contributed by atoms with Crippen molar-refractivity contribution in [3.05, 3.63) is 52.2 Å². The number of nitrogens with one attached hydrogen (secondary N) is 3. The first-order valence-electron chi connectivity index (χ1n) is 9.79. The smallest absolute Gasteiger partial charge is 0.309 e. The number of benzene rings is 1. The van der Waals surface area contributed by atoms with E-state index in [2.05, 4.69) is 53.9 Å². The molecule has 1 atom stereocenters. The minimum atomic E-state index is -0.564. The maximum absolute atomic E-state index is 12.3. The molecule has 0 aliphatic carbocycles. The van der Waals surface area contributed by atoms with Crippen LogP contribution in [0, 0.1) is 0 Å². The molecule has 2 amide bonds. The third-order valence-electron chi connectivity index (χ3n) is 4.97. The Labute approximate surface area is 170 Å². The second-order valence-electron chi connectivity index (χ2n) is 7.38. The molecule has 0 saturated heterocycles. The van der Waals surface area contributed by atoms with Gasteiger partial charge in [0.05, 0.1) is 26.7 Å². The number of fused-ring (bicyclic) bond motifs is 1. The third kappa shape index (κ3) is 5.11. The van der Waals surface area contributed by atoms with E-state index in [4.69, 9.17) is 0 Å². The summed E-state index contributed by atoms with van der Waals surface area (Å²) in [6.07, 6.45) is 1.85. The Morgan fingerprint density at radius 3 is 2.68 bits per heavy atom. The molecule has 0 fully saturated rings. The van der Waals surface area contributed by atoms with Gasteiger partial charge in [-0.1, -0.05) is 24.3 Å². The maximum atomic E-state index is 12.3. The van der Waals surface area contributed by atoms with Gasteiger partial charge in [-0.3, -0.25) is 9.59 Å². The van der Waals surface area contributed by atoms with Gasteiger partial charge in [-0.15, -0.1) is 11.3 Å². The number of hydrogen-bond acceptors (Lipinski definition) is 4. The van der Waals surface area contributed by atoms with Gasteiger partial charge < -0.3 is 20.4 Å². The van der Waals surface area contributed by atoms with Gasteiger partial charge in [-0.25, -0.2) is 0 Å². The van der Waals surface area contributed by atoms with Crippen LogP contribution < -0.4 is 20.4 Å². The maximum Gasteiger partial charge on any atom is 0.309 e. The predicted molar refractivity (Wildman–Crippen MR) is 113 cm³/mol. The molecular weight excluding hydrogens is 372 g/mol. The van der Waals surface area contributed by atoms with Gasteiger partial charge in [-0.2, -0.15) is 0 Å². The highest BCUT2D eigenvalue weighted by Crippen LogP contribution is 2.36. The van der Waals surface area contributed by atoms with E-state index in [-0.39, 0.29) is 6.04 Å². The first-order chi connectivity index (χ1) is 13.6. The molecular formula is C21H29N4O2S+. The molecule has 3 rings (SSSR count). The van der Waals surface area contributed by atoms with E-state index in [1.165, 1.54) is 21.0 Å². The van der Waals surface area contributed by atoms with Crippen molar-refractivity contribution in [3.8, 4) is 0 Å². The highest BCUT2D eigenvalue weighted by atomic mass is 32.1. The molecule has 0 saturated carbocycles. The summed E-state index contributed by atoms with van der Waals surface area (Å²) in [6, 6.07) is 12.5. The quantitative estimate of drug-likeness (QED) is 0.449. The third-order valence-corrected chi connectivity index (χ3v) is 5.95. The molecule has 0 bridgehead atoms. The predicted octanol–water partition coefficient (Wildman–Crippen LogP) is 0.619. The van der Waals surface area contributed by atoms with Crippen LogP contribution in [0.15, 0.2) is 41.8 Å². The normalized spacial score (nSPS) is 14.0. The molecule has 2 heterocycles. The minimum Gasteiger partial charge on any atom is -0.361 e. The molecule has 0 unspecified atom stereocenters. The zero-order chi connectivity index (χ0) is 19.9. The fourth-order valence-electron chi connectivity index (χ4n) is 3.53. The second-order valence-corrected chi connectivity index (χ2v) is 8.36. The van der Waals surface area contributed by atoms with E-state index in [9.17, 15) is 9.59 Å². The summed E-state index contributed by atoms with van der Waals surface area (Å²) in [7, 11) is 4.13. The lowest BCUT2D eigenvalue weighted by Crippen LogP contribution is -3.05. The Morgan fingerprint density at radius 1 is 1.14 bits per heavy atom. The van der Waals surface area contributed by atoms with Gasteiger partial charge in [0.25, 0.3) is 0 Å². The SMILES string of the molecule is C[NH+](C)CCCNC(=O)C(=O)NC[C@@H](c1cccs1)N1CCc2ccccc21. The topological polar surface area (TPSA) is 65.9 Å². The van der Waals surface area contributed by atoms with Crippen LogP contribution in [0.25, 0.3) is 0 Å². The number of anilines is 1. The fourth-order valence-corrected chi connectivity index (χ4v) is 4.37. The lowest BCUT2D eigenvalue weighted by atomic mass is 10.1. The summed E-state index contributed by atoms with van der Waals surface area (Å²) < 4.78 is 0. The number of nitrogens with zero attached hydrogens (tertiary/aromatic N) is 1. The summed E-state index contributed by atoms with van der Waals surface area (Å²) in [5.74, 6) is -1.12. The number of quaternary nitrogens is 1. The Bertz CT molecular complexity index is 791. The van der Waals surface area contributed by atoms with Crippen molar-refractivity contribution in [2.24, 2.45) is 0 Å². The van der Waals surface area contributed by atoms with Crippen LogP contribution in [-0.2, 0) is 16.0 Å². The van der Waals surface area contributed by atoms with Crippen LogP contribution in [0.2, 0.25) is 0 Å². The number of rotatable bonds is 8. The van der Waals surface area contributed by atoms with Crippen molar-refractivity contribution >= 4 is 28.8 Å². The van der Waals surface area contributed by atoms with Crippen LogP contribution in [-0.4, -0.2) is 52.1 Å². The Kier molecular flexibility index (Phi) is 7.06. The fraction of sp³-hybridized carbons (Fsp3) is 0.429. The van der Waals surface area contributed by atoms with Gasteiger partial charge >= 0.3 is 11.8 Å². The van der Waals surface area contributed by atoms with Crippen LogP contribution in [0.5, 0.6) is 0 Å². The van der Waals surface area contributed by atoms with Crippen molar-refractivity contribution in [2.75, 3.05) is 45.2 Å². The average Bonchev–Trinajstić information content (AvgIpc) is 3.36. The van der Waals surface area contributed by atoms with Gasteiger partial charge in [0.15, 0.2) is 0 Å². The number of carbonyl (C=O) groups excluding carboxylic acids is 2. The average molecular weight is 402 g/mol. The first-order valence-corrected chi connectivity index (χ1v) is 10.7. The molecule has 0 radical (unpaired) electrons. The molecule has 3 N–H and O–H groups in total. The molecule has 1 aromatic heterocycles. The van der Waals surface area contributed by atoms with Crippen molar-refractivity contribution in [2.45, 2.75) is 18.9 Å². The van der Waals surface area contributed by atoms with Crippen LogP contribution in [0.4, 0.5) is 5.69 Å². The van der Waals surface area contributed by atoms with Crippen molar-refractivity contribution in [1.82, 2.24) is 10.6 Å². The summed E-state index contributed by atoms with van der Waals surface area (Å²) in [6.45, 7) is 2.79. The minimum absolute atomic E-state index is 0.0257. The molecule has 1 aliphatic rings. The van der Waals surface area contributed by atoms with Crippen LogP contribution in [0.1, 0.15) is 22.9 Å². The van der Waals surface area contributed by atoms with E-state index >= 15 is 0 Å². The van der Waals surface area contributed by atoms with E-state index in [0.717, 1.165) is 25.9 Å². The number of para-hydroxylation sites is 1. The highest BCUT2D eigenvalue weighted by Gasteiger charge is 2.28. The molecule has 1 aliphatic heterocycles. The van der Waals surface area contributed by atoms with Gasteiger partial charge in [0.1, 0.15) is 0 Å². The molecule has 0 spiro atoms. The zero-order valence-electron chi connectivity index (χ0n) is 16.5. The van der Waals surface area contributed by atoms with Crippen LogP contribution >= 0.6 is 11.3 Å². The van der Waals surface area contributed by atoms with Crippen LogP contribution in [0.3, 0.4) is 0 Å². The van der Waals surface area contributed by atoms with Gasteiger partial charge in [-0.05, 0) is 29.5 Å². The molecule has 28 heavy (non-hydrogen) atoms. The second kappa shape index (κ2) is 9.71. The van der Waals surface area contributed by atoms with E-state index in [0.29, 0.717) is 13.1 Å². The van der Waals surface area contributed by atoms with Crippen molar-refractivity contribution in [3.63, 3.8) is 0 Å². The number of thiophene rings is 1. The van der Waals surface area contributed by atoms with E-state index in [1.54, 1.807) is 11.3 Å². The van der Waals surface area contributed by atoms with Gasteiger partial charge in [0.2, 0.25) is 0 Å². The lowest BCUT2D eigenvalue weighted by Gasteiger charge is -2.30. The molecule has 2 aromatic rings. The monoisotopic (exact) mass is 401 g/mol. The summed E-state index contributed by atoms with van der Waals surface area (Å²) in [4.78, 5) is 29.2. The molecule has 6 nitrogen and oxygen atoms in total. The summed E-state index contributed by atoms with van der Waals surface area (Å²) in [5, 5.41) is 7.59. The molecule has 1 aromatic carbocycles. The lowest BCUT2D eigenvalue weighted by molar-refractivity contribution is -0.858. The van der Waals surface area contributed by atoms with Crippen molar-refractivity contribution in [1.29, 1.82) is 0 Å². The summed E-state index contributed by atoms with van der Waals surface area (Å²) >= 11 is 1.68. The molecule has 150 valence electrons. The van der Waals surface area contributed by atoms with Gasteiger partial charge in [0, 0.05) is 36.6 Å². The Morgan fingerprint density at radius 2 is 1.93 bits per heavy atom. The number of hydrogen-bond donors (Lipinski definition) is 3. The Balaban J connectivity index is 1.59. The van der Waals surface area contributed by atoms with E-state index < -0.39 is 11.8 Å².